The highest BCUT2D eigenvalue weighted by Crippen LogP contribution is 1.96. The summed E-state index contributed by atoms with van der Waals surface area (Å²) in [6, 6.07) is 0. The van der Waals surface area contributed by atoms with Gasteiger partial charge in [0.2, 0.25) is 5.91 Å². The average molecular weight is 182 g/mol. The van der Waals surface area contributed by atoms with Crippen LogP contribution in [0.2, 0.25) is 0 Å². The molecule has 72 valence electrons. The van der Waals surface area contributed by atoms with Gasteiger partial charge in [-0.05, 0) is 0 Å². The second kappa shape index (κ2) is 4.61. The van der Waals surface area contributed by atoms with Gasteiger partial charge in [0.15, 0.2) is 0 Å². The maximum atomic E-state index is 10.9. The molecule has 1 heterocycles. The van der Waals surface area contributed by atoms with E-state index in [-0.39, 0.29) is 5.91 Å². The average Bonchev–Trinajstić information content (AvgIpc) is 2.61. The number of nitrogens with zero attached hydrogens (tertiary/aromatic N) is 2. The number of carbonyl (C=O) groups excluding carboxylic acids is 1. The third-order valence-corrected chi connectivity index (χ3v) is 1.77. The maximum Gasteiger partial charge on any atom is 0.221 e. The van der Waals surface area contributed by atoms with Gasteiger partial charge in [0.25, 0.3) is 0 Å². The minimum absolute atomic E-state index is 0.0306. The van der Waals surface area contributed by atoms with Crippen molar-refractivity contribution in [2.24, 2.45) is 5.73 Å². The molecule has 5 heteroatoms. The molecule has 13 heavy (non-hydrogen) atoms. The summed E-state index contributed by atoms with van der Waals surface area (Å²) in [7, 11) is 1.63. The first-order chi connectivity index (χ1) is 6.26. The van der Waals surface area contributed by atoms with Gasteiger partial charge in [-0.2, -0.15) is 0 Å². The highest BCUT2D eigenvalue weighted by Gasteiger charge is 1.99. The zero-order valence-corrected chi connectivity index (χ0v) is 7.66. The Morgan fingerprint density at radius 1 is 1.77 bits per heavy atom. The van der Waals surface area contributed by atoms with E-state index in [9.17, 15) is 4.79 Å². The van der Waals surface area contributed by atoms with Crippen molar-refractivity contribution in [3.8, 4) is 0 Å². The Kier molecular flexibility index (Phi) is 3.45. The first-order valence-electron chi connectivity index (χ1n) is 4.17. The van der Waals surface area contributed by atoms with Gasteiger partial charge < -0.3 is 15.6 Å². The smallest absolute Gasteiger partial charge is 0.221 e. The quantitative estimate of drug-likeness (QED) is 0.658. The van der Waals surface area contributed by atoms with Crippen LogP contribution in [0.15, 0.2) is 12.5 Å². The third kappa shape index (κ3) is 2.87. The first kappa shape index (κ1) is 9.73. The molecule has 3 N–H and O–H groups in total. The molecule has 5 nitrogen and oxygen atoms in total. The fourth-order valence-corrected chi connectivity index (χ4v) is 0.990. The number of imidazole rings is 1. The second-order valence-electron chi connectivity index (χ2n) is 2.73. The molecule has 0 aliphatic rings. The van der Waals surface area contributed by atoms with Crippen LogP contribution in [0.4, 0.5) is 0 Å². The molecule has 1 amide bonds. The van der Waals surface area contributed by atoms with E-state index in [1.54, 1.807) is 13.4 Å². The summed E-state index contributed by atoms with van der Waals surface area (Å²) in [5, 5.41) is 2.56. The molecule has 1 rings (SSSR count). The summed E-state index contributed by atoms with van der Waals surface area (Å²) in [5.74, 6) is 0.0306. The molecular weight excluding hydrogens is 168 g/mol. The lowest BCUT2D eigenvalue weighted by atomic mass is 10.4. The van der Waals surface area contributed by atoms with Crippen LogP contribution in [0.3, 0.4) is 0 Å². The van der Waals surface area contributed by atoms with Crippen LogP contribution in [0.25, 0.3) is 0 Å². The molecule has 0 radical (unpaired) electrons. The van der Waals surface area contributed by atoms with Crippen LogP contribution in [0.1, 0.15) is 12.1 Å². The predicted octanol–water partition coefficient (Wildman–Crippen LogP) is -0.522. The topological polar surface area (TPSA) is 72.9 Å². The molecule has 1 aromatic heterocycles. The largest absolute Gasteiger partial charge is 0.359 e. The van der Waals surface area contributed by atoms with Gasteiger partial charge in [0.1, 0.15) is 0 Å². The molecular formula is C8H14N4O. The summed E-state index contributed by atoms with van der Waals surface area (Å²) in [4.78, 5) is 14.9. The van der Waals surface area contributed by atoms with Crippen molar-refractivity contribution in [2.45, 2.75) is 19.5 Å². The molecule has 0 saturated heterocycles. The number of hydrogen-bond acceptors (Lipinski definition) is 3. The van der Waals surface area contributed by atoms with Crippen molar-refractivity contribution in [3.63, 3.8) is 0 Å². The summed E-state index contributed by atoms with van der Waals surface area (Å²) in [6.07, 6.45) is 4.00. The summed E-state index contributed by atoms with van der Waals surface area (Å²) in [5.41, 5.74) is 6.23. The van der Waals surface area contributed by atoms with E-state index < -0.39 is 0 Å². The first-order valence-corrected chi connectivity index (χ1v) is 4.17. The van der Waals surface area contributed by atoms with E-state index in [1.165, 1.54) is 0 Å². The Bertz CT molecular complexity index is 281. The van der Waals surface area contributed by atoms with E-state index in [0.29, 0.717) is 19.5 Å². The van der Waals surface area contributed by atoms with Gasteiger partial charge in [-0.3, -0.25) is 4.79 Å². The van der Waals surface area contributed by atoms with Crippen molar-refractivity contribution in [2.75, 3.05) is 7.05 Å². The molecule has 0 aliphatic carbocycles. The minimum Gasteiger partial charge on any atom is -0.359 e. The predicted molar refractivity (Wildman–Crippen MR) is 48.8 cm³/mol. The van der Waals surface area contributed by atoms with Crippen LogP contribution in [0.5, 0.6) is 0 Å². The number of nitrogens with one attached hydrogen (secondary N) is 1. The highest BCUT2D eigenvalue weighted by molar-refractivity contribution is 5.75. The Morgan fingerprint density at radius 3 is 3.08 bits per heavy atom. The Hall–Kier alpha value is -1.36. The van der Waals surface area contributed by atoms with E-state index in [4.69, 9.17) is 5.73 Å². The molecule has 0 saturated carbocycles. The number of aryl methyl sites for hydroxylation is 1. The summed E-state index contributed by atoms with van der Waals surface area (Å²) >= 11 is 0. The Morgan fingerprint density at radius 2 is 2.54 bits per heavy atom. The Balaban J connectivity index is 2.41. The lowest BCUT2D eigenvalue weighted by Crippen LogP contribution is -2.19. The van der Waals surface area contributed by atoms with Crippen molar-refractivity contribution in [3.05, 3.63) is 18.2 Å². The van der Waals surface area contributed by atoms with Crippen LogP contribution >= 0.6 is 0 Å². The number of hydrogen-bond donors (Lipinski definition) is 2. The molecule has 0 spiro atoms. The number of nitrogens with two attached hydrogens (primary N) is 1. The van der Waals surface area contributed by atoms with Gasteiger partial charge >= 0.3 is 0 Å². The maximum absolute atomic E-state index is 10.9. The van der Waals surface area contributed by atoms with Crippen molar-refractivity contribution < 1.29 is 4.79 Å². The lowest BCUT2D eigenvalue weighted by Gasteiger charge is -2.00. The summed E-state index contributed by atoms with van der Waals surface area (Å²) < 4.78 is 1.86. The lowest BCUT2D eigenvalue weighted by molar-refractivity contribution is -0.120. The fourth-order valence-electron chi connectivity index (χ4n) is 0.990. The fraction of sp³-hybridized carbons (Fsp3) is 0.500. The third-order valence-electron chi connectivity index (χ3n) is 1.77. The zero-order valence-electron chi connectivity index (χ0n) is 7.66. The molecule has 0 unspecified atom stereocenters. The molecule has 1 aromatic rings. The van der Waals surface area contributed by atoms with Gasteiger partial charge in [-0.1, -0.05) is 0 Å². The number of aromatic nitrogens is 2. The van der Waals surface area contributed by atoms with Crippen molar-refractivity contribution >= 4 is 5.91 Å². The minimum atomic E-state index is 0.0306. The van der Waals surface area contributed by atoms with Crippen LogP contribution in [0, 0.1) is 0 Å². The standard InChI is InChI=1S/C8H14N4O/c1-10-8(13)2-3-12-5-7(4-9)11-6-12/h5-6H,2-4,9H2,1H3,(H,10,13). The van der Waals surface area contributed by atoms with Crippen LogP contribution in [-0.2, 0) is 17.9 Å². The molecule has 0 aliphatic heterocycles. The van der Waals surface area contributed by atoms with Crippen molar-refractivity contribution in [1.82, 2.24) is 14.9 Å². The number of rotatable bonds is 4. The summed E-state index contributed by atoms with van der Waals surface area (Å²) in [6.45, 7) is 1.08. The molecule has 0 fully saturated rings. The van der Waals surface area contributed by atoms with Crippen molar-refractivity contribution in [1.29, 1.82) is 0 Å². The molecule has 0 atom stereocenters. The highest BCUT2D eigenvalue weighted by atomic mass is 16.1. The van der Waals surface area contributed by atoms with E-state index in [1.807, 2.05) is 10.8 Å². The molecule has 0 bridgehead atoms. The number of amides is 1. The van der Waals surface area contributed by atoms with Crippen LogP contribution < -0.4 is 11.1 Å². The van der Waals surface area contributed by atoms with Gasteiger partial charge in [0, 0.05) is 32.8 Å². The monoisotopic (exact) mass is 182 g/mol. The SMILES string of the molecule is CNC(=O)CCn1cnc(CN)c1. The number of carbonyl (C=O) groups is 1. The molecule has 0 aromatic carbocycles. The van der Waals surface area contributed by atoms with Gasteiger partial charge in [0.05, 0.1) is 12.0 Å². The normalized spacial score (nSPS) is 10.0. The van der Waals surface area contributed by atoms with Gasteiger partial charge in [-0.25, -0.2) is 4.98 Å². The van der Waals surface area contributed by atoms with Crippen LogP contribution in [-0.4, -0.2) is 22.5 Å². The van der Waals surface area contributed by atoms with E-state index in [2.05, 4.69) is 10.3 Å². The van der Waals surface area contributed by atoms with E-state index >= 15 is 0 Å². The Labute approximate surface area is 76.9 Å². The van der Waals surface area contributed by atoms with E-state index in [0.717, 1.165) is 5.69 Å². The zero-order chi connectivity index (χ0) is 9.68. The second-order valence-corrected chi connectivity index (χ2v) is 2.73. The van der Waals surface area contributed by atoms with Gasteiger partial charge in [-0.15, -0.1) is 0 Å².